The van der Waals surface area contributed by atoms with Crippen LogP contribution >= 0.6 is 0 Å². The maximum absolute atomic E-state index is 4.44. The number of aromatic nitrogens is 2. The minimum atomic E-state index is 0.489. The van der Waals surface area contributed by atoms with Crippen LogP contribution in [-0.4, -0.2) is 52.7 Å². The molecule has 2 heterocycles. The van der Waals surface area contributed by atoms with Crippen molar-refractivity contribution in [3.05, 3.63) is 53.3 Å². The lowest BCUT2D eigenvalue weighted by Gasteiger charge is -2.37. The van der Waals surface area contributed by atoms with Crippen LogP contribution in [0.2, 0.25) is 0 Å². The Hall–Kier alpha value is -1.65. The zero-order chi connectivity index (χ0) is 17.6. The van der Waals surface area contributed by atoms with E-state index < -0.39 is 0 Å². The minimum absolute atomic E-state index is 0.489. The van der Waals surface area contributed by atoms with Crippen molar-refractivity contribution in [2.45, 2.75) is 51.6 Å². The number of likely N-dealkylation sites (N-methyl/N-ethyl adjacent to an activating group) is 1. The molecule has 1 aliphatic rings. The lowest BCUT2D eigenvalue weighted by molar-refractivity contribution is 0.111. The standard InChI is InChI=1S/C21H32N4/c1-17(2)21-14-19(22-23-21)15-25-12-7-10-20(16-25)24(3)13-11-18-8-5-4-6-9-18/h4-6,8-9,14,17,20H,7,10-13,15-16H2,1-3H3,(H,22,23)/t20-/m1/s1. The highest BCUT2D eigenvalue weighted by molar-refractivity contribution is 5.15. The Balaban J connectivity index is 1.49. The van der Waals surface area contributed by atoms with Gasteiger partial charge in [-0.05, 0) is 50.4 Å². The number of H-pyrrole nitrogens is 1. The number of aromatic amines is 1. The van der Waals surface area contributed by atoms with E-state index in [0.717, 1.165) is 26.1 Å². The fourth-order valence-corrected chi connectivity index (χ4v) is 3.66. The Kier molecular flexibility index (Phi) is 6.27. The van der Waals surface area contributed by atoms with Crippen molar-refractivity contribution in [2.24, 2.45) is 0 Å². The molecule has 2 aromatic rings. The summed E-state index contributed by atoms with van der Waals surface area (Å²) >= 11 is 0. The molecule has 3 rings (SSSR count). The van der Waals surface area contributed by atoms with Crippen LogP contribution in [0.15, 0.2) is 36.4 Å². The summed E-state index contributed by atoms with van der Waals surface area (Å²) in [5.41, 5.74) is 3.85. The summed E-state index contributed by atoms with van der Waals surface area (Å²) in [4.78, 5) is 5.12. The molecule has 25 heavy (non-hydrogen) atoms. The highest BCUT2D eigenvalue weighted by Crippen LogP contribution is 2.19. The fourth-order valence-electron chi connectivity index (χ4n) is 3.66. The van der Waals surface area contributed by atoms with Crippen molar-refractivity contribution in [1.82, 2.24) is 20.0 Å². The molecule has 1 aliphatic heterocycles. The molecule has 1 saturated heterocycles. The maximum Gasteiger partial charge on any atom is 0.0650 e. The largest absolute Gasteiger partial charge is 0.302 e. The molecule has 4 nitrogen and oxygen atoms in total. The summed E-state index contributed by atoms with van der Waals surface area (Å²) in [5.74, 6) is 0.489. The second kappa shape index (κ2) is 8.63. The summed E-state index contributed by atoms with van der Waals surface area (Å²) in [6.45, 7) is 8.85. The van der Waals surface area contributed by atoms with Gasteiger partial charge in [0.25, 0.3) is 0 Å². The Morgan fingerprint density at radius 1 is 1.28 bits per heavy atom. The van der Waals surface area contributed by atoms with E-state index in [4.69, 9.17) is 0 Å². The summed E-state index contributed by atoms with van der Waals surface area (Å²) in [5, 5.41) is 7.66. The third kappa shape index (κ3) is 5.16. The van der Waals surface area contributed by atoms with E-state index in [1.54, 1.807) is 0 Å². The first-order chi connectivity index (χ1) is 12.1. The summed E-state index contributed by atoms with van der Waals surface area (Å²) < 4.78 is 0. The van der Waals surface area contributed by atoms with Gasteiger partial charge < -0.3 is 4.90 Å². The van der Waals surface area contributed by atoms with Crippen LogP contribution in [0.25, 0.3) is 0 Å². The van der Waals surface area contributed by atoms with E-state index in [-0.39, 0.29) is 0 Å². The van der Waals surface area contributed by atoms with Crippen molar-refractivity contribution in [2.75, 3.05) is 26.7 Å². The van der Waals surface area contributed by atoms with E-state index in [0.29, 0.717) is 12.0 Å². The maximum atomic E-state index is 4.44. The van der Waals surface area contributed by atoms with Crippen molar-refractivity contribution in [1.29, 1.82) is 0 Å². The normalized spacial score (nSPS) is 19.0. The number of hydrogen-bond acceptors (Lipinski definition) is 3. The molecule has 0 radical (unpaired) electrons. The number of nitrogens with zero attached hydrogens (tertiary/aromatic N) is 3. The first-order valence-corrected chi connectivity index (χ1v) is 9.62. The second-order valence-electron chi connectivity index (χ2n) is 7.72. The van der Waals surface area contributed by atoms with Crippen molar-refractivity contribution < 1.29 is 0 Å². The average Bonchev–Trinajstić information content (AvgIpc) is 3.09. The van der Waals surface area contributed by atoms with E-state index >= 15 is 0 Å². The van der Waals surface area contributed by atoms with Gasteiger partial charge in [0.1, 0.15) is 0 Å². The molecule has 0 aliphatic carbocycles. The second-order valence-corrected chi connectivity index (χ2v) is 7.72. The van der Waals surface area contributed by atoms with Gasteiger partial charge in [0.05, 0.1) is 5.69 Å². The lowest BCUT2D eigenvalue weighted by Crippen LogP contribution is -2.46. The molecule has 0 amide bonds. The van der Waals surface area contributed by atoms with Gasteiger partial charge in [0.15, 0.2) is 0 Å². The van der Waals surface area contributed by atoms with E-state index in [1.165, 1.54) is 36.3 Å². The van der Waals surface area contributed by atoms with Crippen molar-refractivity contribution >= 4 is 0 Å². The zero-order valence-electron chi connectivity index (χ0n) is 15.9. The van der Waals surface area contributed by atoms with Crippen LogP contribution in [-0.2, 0) is 13.0 Å². The lowest BCUT2D eigenvalue weighted by atomic mass is 10.0. The molecule has 0 spiro atoms. The smallest absolute Gasteiger partial charge is 0.0650 e. The van der Waals surface area contributed by atoms with Crippen molar-refractivity contribution in [3.8, 4) is 0 Å². The molecule has 136 valence electrons. The number of piperidine rings is 1. The molecule has 1 N–H and O–H groups in total. The predicted molar refractivity (Wildman–Crippen MR) is 104 cm³/mol. The summed E-state index contributed by atoms with van der Waals surface area (Å²) in [7, 11) is 2.28. The topological polar surface area (TPSA) is 35.2 Å². The molecule has 1 aromatic heterocycles. The van der Waals surface area contributed by atoms with Gasteiger partial charge in [-0.15, -0.1) is 0 Å². The number of nitrogens with one attached hydrogen (secondary N) is 1. The summed E-state index contributed by atoms with van der Waals surface area (Å²) in [6, 6.07) is 13.7. The monoisotopic (exact) mass is 340 g/mol. The minimum Gasteiger partial charge on any atom is -0.302 e. The third-order valence-electron chi connectivity index (χ3n) is 5.34. The third-order valence-corrected chi connectivity index (χ3v) is 5.34. The number of benzene rings is 1. The highest BCUT2D eigenvalue weighted by Gasteiger charge is 2.23. The molecule has 1 atom stereocenters. The van der Waals surface area contributed by atoms with Gasteiger partial charge in [0, 0.05) is 31.4 Å². The van der Waals surface area contributed by atoms with Crippen LogP contribution in [0, 0.1) is 0 Å². The Morgan fingerprint density at radius 2 is 2.08 bits per heavy atom. The SMILES string of the molecule is CC(C)c1cc(CN2CCC[C@@H](N(C)CCc3ccccc3)C2)[nH]n1. The highest BCUT2D eigenvalue weighted by atomic mass is 15.2. The molecule has 0 bridgehead atoms. The number of likely N-dealkylation sites (tertiary alicyclic amines) is 1. The quantitative estimate of drug-likeness (QED) is 0.835. The molecule has 4 heteroatoms. The molecule has 1 fully saturated rings. The molecule has 0 unspecified atom stereocenters. The number of rotatable bonds is 7. The van der Waals surface area contributed by atoms with Gasteiger partial charge >= 0.3 is 0 Å². The van der Waals surface area contributed by atoms with E-state index in [2.05, 4.69) is 77.3 Å². The van der Waals surface area contributed by atoms with E-state index in [9.17, 15) is 0 Å². The first-order valence-electron chi connectivity index (χ1n) is 9.62. The Morgan fingerprint density at radius 3 is 2.80 bits per heavy atom. The Bertz CT molecular complexity index is 634. The first kappa shape index (κ1) is 18.2. The van der Waals surface area contributed by atoms with Crippen LogP contribution in [0.3, 0.4) is 0 Å². The number of hydrogen-bond donors (Lipinski definition) is 1. The molecular weight excluding hydrogens is 308 g/mol. The van der Waals surface area contributed by atoms with Gasteiger partial charge in [-0.1, -0.05) is 44.2 Å². The van der Waals surface area contributed by atoms with Gasteiger partial charge in [-0.2, -0.15) is 5.10 Å². The van der Waals surface area contributed by atoms with E-state index in [1.807, 2.05) is 0 Å². The summed E-state index contributed by atoms with van der Waals surface area (Å²) in [6.07, 6.45) is 3.72. The van der Waals surface area contributed by atoms with Gasteiger partial charge in [-0.25, -0.2) is 0 Å². The molecular formula is C21H32N4. The average molecular weight is 341 g/mol. The predicted octanol–water partition coefficient (Wildman–Crippen LogP) is 3.67. The van der Waals surface area contributed by atoms with Crippen LogP contribution in [0.1, 0.15) is 49.6 Å². The van der Waals surface area contributed by atoms with Gasteiger partial charge in [-0.3, -0.25) is 10.00 Å². The van der Waals surface area contributed by atoms with Gasteiger partial charge in [0.2, 0.25) is 0 Å². The zero-order valence-corrected chi connectivity index (χ0v) is 15.9. The Labute approximate surface area is 152 Å². The molecule has 0 saturated carbocycles. The fraction of sp³-hybridized carbons (Fsp3) is 0.571. The molecule has 1 aromatic carbocycles. The van der Waals surface area contributed by atoms with Crippen LogP contribution < -0.4 is 0 Å². The van der Waals surface area contributed by atoms with Crippen LogP contribution in [0.5, 0.6) is 0 Å². The van der Waals surface area contributed by atoms with Crippen LogP contribution in [0.4, 0.5) is 0 Å². The van der Waals surface area contributed by atoms with Crippen molar-refractivity contribution in [3.63, 3.8) is 0 Å².